The normalized spacial score (nSPS) is 10.5. The Morgan fingerprint density at radius 3 is 2.38 bits per heavy atom. The fourth-order valence-corrected chi connectivity index (χ4v) is 3.30. The molecule has 2 amide bonds. The number of carbonyl (C=O) groups is 3. The van der Waals surface area contributed by atoms with E-state index in [1.807, 2.05) is 0 Å². The molecule has 3 aromatic carbocycles. The summed E-state index contributed by atoms with van der Waals surface area (Å²) >= 11 is 0. The second-order valence-corrected chi connectivity index (χ2v) is 7.24. The first kappa shape index (κ1) is 22.3. The second-order valence-electron chi connectivity index (χ2n) is 7.24. The van der Waals surface area contributed by atoms with E-state index in [4.69, 9.17) is 5.11 Å². The number of carbonyl (C=O) groups excluding carboxylic acids is 2. The van der Waals surface area contributed by atoms with Crippen molar-refractivity contribution in [1.82, 2.24) is 14.8 Å². The fraction of sp³-hybridized carbons (Fsp3) is 0.0417. The van der Waals surface area contributed by atoms with E-state index in [0.717, 1.165) is 0 Å². The fourth-order valence-electron chi connectivity index (χ4n) is 3.30. The summed E-state index contributed by atoms with van der Waals surface area (Å²) in [4.78, 5) is 40.4. The molecular weight excluding hydrogens is 441 g/mol. The van der Waals surface area contributed by atoms with E-state index in [9.17, 15) is 18.8 Å². The Labute approximate surface area is 192 Å². The van der Waals surface area contributed by atoms with Crippen LogP contribution in [-0.2, 0) is 4.79 Å². The van der Waals surface area contributed by atoms with E-state index in [-0.39, 0.29) is 11.4 Å². The molecule has 0 radical (unpaired) electrons. The lowest BCUT2D eigenvalue weighted by Crippen LogP contribution is -2.18. The maximum Gasteiger partial charge on any atom is 0.409 e. The summed E-state index contributed by atoms with van der Waals surface area (Å²) in [6, 6.07) is 17.0. The minimum Gasteiger partial charge on any atom is -0.465 e. The highest BCUT2D eigenvalue weighted by atomic mass is 19.1. The Hall–Kier alpha value is -4.86. The zero-order valence-corrected chi connectivity index (χ0v) is 17.6. The van der Waals surface area contributed by atoms with Gasteiger partial charge in [0, 0.05) is 5.56 Å². The predicted molar refractivity (Wildman–Crippen MR) is 122 cm³/mol. The van der Waals surface area contributed by atoms with Gasteiger partial charge in [0.2, 0.25) is 5.91 Å². The van der Waals surface area contributed by atoms with Crippen LogP contribution in [0.5, 0.6) is 0 Å². The van der Waals surface area contributed by atoms with E-state index in [1.54, 1.807) is 48.5 Å². The first-order valence-corrected chi connectivity index (χ1v) is 10.1. The molecule has 0 unspecified atom stereocenters. The number of hydrogen-bond acceptors (Lipinski definition) is 5. The minimum atomic E-state index is -1.31. The van der Waals surface area contributed by atoms with E-state index in [2.05, 4.69) is 20.7 Å². The number of ketones is 1. The van der Waals surface area contributed by atoms with Gasteiger partial charge in [-0.1, -0.05) is 30.3 Å². The van der Waals surface area contributed by atoms with Crippen LogP contribution in [0.15, 0.2) is 79.4 Å². The van der Waals surface area contributed by atoms with Gasteiger partial charge in [-0.3, -0.25) is 14.9 Å². The van der Waals surface area contributed by atoms with Crippen LogP contribution in [0.1, 0.15) is 16.8 Å². The molecule has 0 saturated carbocycles. The summed E-state index contributed by atoms with van der Waals surface area (Å²) in [7, 11) is 0. The van der Waals surface area contributed by atoms with Crippen LogP contribution in [0.4, 0.5) is 20.6 Å². The van der Waals surface area contributed by atoms with E-state index >= 15 is 0 Å². The van der Waals surface area contributed by atoms with Gasteiger partial charge < -0.3 is 10.4 Å². The van der Waals surface area contributed by atoms with Crippen LogP contribution in [0.2, 0.25) is 0 Å². The Morgan fingerprint density at radius 1 is 0.912 bits per heavy atom. The monoisotopic (exact) mass is 459 g/mol. The number of Topliss-reactive ketones (excluding diaryl/α,β-unsaturated/α-hetero) is 1. The number of benzene rings is 3. The quantitative estimate of drug-likeness (QED) is 0.278. The number of hydrogen-bond donors (Lipinski definition) is 3. The lowest BCUT2D eigenvalue weighted by atomic mass is 10.0. The van der Waals surface area contributed by atoms with Gasteiger partial charge in [0.25, 0.3) is 0 Å². The van der Waals surface area contributed by atoms with Crippen molar-refractivity contribution in [3.8, 4) is 16.8 Å². The highest BCUT2D eigenvalue weighted by Crippen LogP contribution is 2.29. The number of aromatic nitrogens is 3. The highest BCUT2D eigenvalue weighted by Gasteiger charge is 2.16. The molecule has 0 fully saturated rings. The van der Waals surface area contributed by atoms with Crippen molar-refractivity contribution in [2.75, 3.05) is 10.6 Å². The van der Waals surface area contributed by atoms with Crippen LogP contribution in [0.25, 0.3) is 16.8 Å². The molecule has 10 heteroatoms. The van der Waals surface area contributed by atoms with Gasteiger partial charge in [-0.15, -0.1) is 0 Å². The largest absolute Gasteiger partial charge is 0.465 e. The third kappa shape index (κ3) is 5.30. The SMILES string of the molecule is O=C(O)Nc1ccc(-c2ccc(F)cc2)cc1NC(=O)CC(=O)c1cccc(-n2cncn2)c1. The molecule has 3 N–H and O–H groups in total. The molecule has 9 nitrogen and oxygen atoms in total. The van der Waals surface area contributed by atoms with Crippen molar-refractivity contribution in [2.45, 2.75) is 6.42 Å². The smallest absolute Gasteiger partial charge is 0.409 e. The van der Waals surface area contributed by atoms with Crippen molar-refractivity contribution < 1.29 is 23.9 Å². The number of rotatable bonds is 7. The summed E-state index contributed by atoms with van der Waals surface area (Å²) in [6.07, 6.45) is 1.08. The number of amides is 2. The lowest BCUT2D eigenvalue weighted by molar-refractivity contribution is -0.115. The van der Waals surface area contributed by atoms with Crippen molar-refractivity contribution in [3.63, 3.8) is 0 Å². The summed E-state index contributed by atoms with van der Waals surface area (Å²) < 4.78 is 14.7. The molecule has 1 aromatic heterocycles. The summed E-state index contributed by atoms with van der Waals surface area (Å²) in [5.41, 5.74) is 2.51. The Kier molecular flexibility index (Phi) is 6.40. The molecule has 4 aromatic rings. The molecule has 0 spiro atoms. The lowest BCUT2D eigenvalue weighted by Gasteiger charge is -2.13. The van der Waals surface area contributed by atoms with Gasteiger partial charge in [-0.25, -0.2) is 18.9 Å². The number of nitrogens with zero attached hydrogens (tertiary/aromatic N) is 3. The third-order valence-electron chi connectivity index (χ3n) is 4.89. The van der Waals surface area contributed by atoms with Crippen molar-refractivity contribution >= 4 is 29.2 Å². The van der Waals surface area contributed by atoms with Gasteiger partial charge in [-0.2, -0.15) is 5.10 Å². The van der Waals surface area contributed by atoms with Crippen molar-refractivity contribution in [3.05, 3.63) is 90.8 Å². The number of halogens is 1. The summed E-state index contributed by atoms with van der Waals surface area (Å²) in [5, 5.41) is 17.9. The number of carboxylic acid groups (broad SMARTS) is 1. The highest BCUT2D eigenvalue weighted by molar-refractivity contribution is 6.12. The molecular formula is C24H18FN5O4. The summed E-state index contributed by atoms with van der Waals surface area (Å²) in [6.45, 7) is 0. The average molecular weight is 459 g/mol. The third-order valence-corrected chi connectivity index (χ3v) is 4.89. The van der Waals surface area contributed by atoms with Crippen LogP contribution in [0, 0.1) is 5.82 Å². The van der Waals surface area contributed by atoms with Gasteiger partial charge in [-0.05, 0) is 47.5 Å². The molecule has 0 aliphatic carbocycles. The van der Waals surface area contributed by atoms with E-state index in [0.29, 0.717) is 22.4 Å². The second kappa shape index (κ2) is 9.74. The van der Waals surface area contributed by atoms with Crippen LogP contribution in [0.3, 0.4) is 0 Å². The van der Waals surface area contributed by atoms with Crippen LogP contribution < -0.4 is 10.6 Å². The first-order valence-electron chi connectivity index (χ1n) is 10.1. The first-order chi connectivity index (χ1) is 16.4. The summed E-state index contributed by atoms with van der Waals surface area (Å²) in [5.74, 6) is -1.45. The molecule has 0 bridgehead atoms. The van der Waals surface area contributed by atoms with E-state index < -0.39 is 30.0 Å². The Bertz CT molecular complexity index is 1350. The van der Waals surface area contributed by atoms with Gasteiger partial charge in [0.15, 0.2) is 5.78 Å². The Morgan fingerprint density at radius 2 is 1.68 bits per heavy atom. The molecule has 170 valence electrons. The molecule has 0 aliphatic heterocycles. The van der Waals surface area contributed by atoms with Gasteiger partial charge in [0.05, 0.1) is 23.5 Å². The van der Waals surface area contributed by atoms with Gasteiger partial charge in [0.1, 0.15) is 18.5 Å². The predicted octanol–water partition coefficient (Wildman–Crippen LogP) is 4.37. The molecule has 1 heterocycles. The van der Waals surface area contributed by atoms with Crippen LogP contribution in [-0.4, -0.2) is 37.7 Å². The molecule has 0 atom stereocenters. The zero-order valence-electron chi connectivity index (χ0n) is 17.6. The average Bonchev–Trinajstić information content (AvgIpc) is 3.36. The molecule has 34 heavy (non-hydrogen) atoms. The molecule has 4 rings (SSSR count). The maximum atomic E-state index is 13.3. The minimum absolute atomic E-state index is 0.132. The number of nitrogens with one attached hydrogen (secondary N) is 2. The van der Waals surface area contributed by atoms with E-state index in [1.165, 1.54) is 35.5 Å². The maximum absolute atomic E-state index is 13.3. The number of anilines is 2. The molecule has 0 saturated heterocycles. The van der Waals surface area contributed by atoms with Crippen LogP contribution >= 0.6 is 0 Å². The standard InChI is InChI=1S/C24H18FN5O4/c25-18-7-4-15(5-8-18)16-6-9-20(29-24(33)34)21(11-16)28-23(32)12-22(31)17-2-1-3-19(10-17)30-14-26-13-27-30/h1-11,13-14,29H,12H2,(H,28,32)(H,33,34). The molecule has 0 aliphatic rings. The van der Waals surface area contributed by atoms with Crippen molar-refractivity contribution in [1.29, 1.82) is 0 Å². The van der Waals surface area contributed by atoms with Gasteiger partial charge >= 0.3 is 6.09 Å². The Balaban J connectivity index is 1.53. The van der Waals surface area contributed by atoms with Crippen molar-refractivity contribution in [2.24, 2.45) is 0 Å². The zero-order chi connectivity index (χ0) is 24.1. The topological polar surface area (TPSA) is 126 Å².